The van der Waals surface area contributed by atoms with E-state index in [1.165, 1.54) is 0 Å². The van der Waals surface area contributed by atoms with E-state index in [0.29, 0.717) is 12.0 Å². The predicted molar refractivity (Wildman–Crippen MR) is 86.1 cm³/mol. The first kappa shape index (κ1) is 17.2. The molecule has 1 heterocycles. The molecule has 0 fully saturated rings. The van der Waals surface area contributed by atoms with Crippen LogP contribution in [0.2, 0.25) is 5.15 Å². The molecule has 120 valence electrons. The van der Waals surface area contributed by atoms with Gasteiger partial charge in [0.2, 0.25) is 0 Å². The van der Waals surface area contributed by atoms with Gasteiger partial charge in [-0.25, -0.2) is 18.0 Å². The average molecular weight is 347 g/mol. The van der Waals surface area contributed by atoms with Crippen molar-refractivity contribution in [2.45, 2.75) is 37.9 Å². The number of hydrogen-bond donors (Lipinski definition) is 1. The van der Waals surface area contributed by atoms with Crippen molar-refractivity contribution in [1.29, 1.82) is 0 Å². The van der Waals surface area contributed by atoms with Crippen molar-refractivity contribution >= 4 is 33.5 Å². The summed E-state index contributed by atoms with van der Waals surface area (Å²) in [7, 11) is -1.50. The second kappa shape index (κ2) is 6.18. The first-order valence-corrected chi connectivity index (χ1v) is 8.32. The Balaban J connectivity index is 2.47. The van der Waals surface area contributed by atoms with Crippen LogP contribution in [0.5, 0.6) is 0 Å². The van der Waals surface area contributed by atoms with Gasteiger partial charge in [0.05, 0.1) is 21.2 Å². The standard InChI is InChI=1S/C15H17ClF2N2OS/c1-8(7-15(2,3)22(19)21)10-6-11-12(18)4-9(17)5-13(11)20-14(10)16/h4-6,8H,7,19H2,1-3H3/t8-,22+/m0/s1. The molecule has 2 aromatic rings. The molecule has 0 aliphatic heterocycles. The number of fused-ring (bicyclic) bond motifs is 1. The number of nitrogens with zero attached hydrogens (tertiary/aromatic N) is 1. The second-order valence-electron chi connectivity index (χ2n) is 5.98. The molecule has 0 radical (unpaired) electrons. The fraction of sp³-hybridized carbons (Fsp3) is 0.400. The summed E-state index contributed by atoms with van der Waals surface area (Å²) >= 11 is 6.15. The van der Waals surface area contributed by atoms with Gasteiger partial charge < -0.3 is 0 Å². The Bertz CT molecular complexity index is 752. The number of pyridine rings is 1. The topological polar surface area (TPSA) is 56.0 Å². The molecule has 22 heavy (non-hydrogen) atoms. The van der Waals surface area contributed by atoms with Crippen molar-refractivity contribution in [3.8, 4) is 0 Å². The molecule has 1 aromatic carbocycles. The first-order valence-electron chi connectivity index (χ1n) is 6.73. The summed E-state index contributed by atoms with van der Waals surface area (Å²) in [6.07, 6.45) is 0.492. The van der Waals surface area contributed by atoms with Crippen LogP contribution in [0.25, 0.3) is 10.9 Å². The second-order valence-corrected chi connectivity index (χ2v) is 8.04. The Morgan fingerprint density at radius 3 is 2.59 bits per heavy atom. The van der Waals surface area contributed by atoms with E-state index in [0.717, 1.165) is 12.1 Å². The van der Waals surface area contributed by atoms with Gasteiger partial charge in [-0.2, -0.15) is 0 Å². The zero-order chi connectivity index (χ0) is 16.7. The van der Waals surface area contributed by atoms with Crippen LogP contribution in [-0.2, 0) is 11.0 Å². The summed E-state index contributed by atoms with van der Waals surface area (Å²) in [4.78, 5) is 4.07. The number of aromatic nitrogens is 1. The van der Waals surface area contributed by atoms with E-state index in [1.807, 2.05) is 6.92 Å². The van der Waals surface area contributed by atoms with Crippen molar-refractivity contribution in [2.75, 3.05) is 0 Å². The van der Waals surface area contributed by atoms with Crippen LogP contribution >= 0.6 is 11.6 Å². The minimum absolute atomic E-state index is 0.128. The Hall–Kier alpha value is -1.11. The number of nitrogens with two attached hydrogens (primary N) is 1. The van der Waals surface area contributed by atoms with Gasteiger partial charge in [-0.15, -0.1) is 0 Å². The van der Waals surface area contributed by atoms with Crippen LogP contribution in [0, 0.1) is 11.6 Å². The summed E-state index contributed by atoms with van der Waals surface area (Å²) in [5, 5.41) is 5.88. The summed E-state index contributed by atoms with van der Waals surface area (Å²) in [6.45, 7) is 5.46. The monoisotopic (exact) mass is 346 g/mol. The van der Waals surface area contributed by atoms with E-state index in [4.69, 9.17) is 16.7 Å². The van der Waals surface area contributed by atoms with E-state index in [-0.39, 0.29) is 22.0 Å². The SMILES string of the molecule is C[C@@H](CC(C)(C)[S@](N)=O)c1cc2c(F)cc(F)cc2nc1Cl. The van der Waals surface area contributed by atoms with Gasteiger partial charge in [-0.05, 0) is 37.8 Å². The van der Waals surface area contributed by atoms with Gasteiger partial charge in [-0.1, -0.05) is 18.5 Å². The molecule has 2 atom stereocenters. The van der Waals surface area contributed by atoms with Crippen LogP contribution in [0.15, 0.2) is 18.2 Å². The van der Waals surface area contributed by atoms with Crippen LogP contribution < -0.4 is 5.14 Å². The van der Waals surface area contributed by atoms with Crippen molar-refractivity contribution < 1.29 is 13.0 Å². The average Bonchev–Trinajstić information content (AvgIpc) is 2.36. The molecule has 0 aliphatic rings. The Kier molecular flexibility index (Phi) is 4.84. The van der Waals surface area contributed by atoms with Gasteiger partial charge >= 0.3 is 0 Å². The lowest BCUT2D eigenvalue weighted by Crippen LogP contribution is -2.33. The van der Waals surface area contributed by atoms with Crippen LogP contribution in [0.4, 0.5) is 8.78 Å². The van der Waals surface area contributed by atoms with Crippen LogP contribution in [-0.4, -0.2) is 13.9 Å². The molecule has 0 saturated carbocycles. The predicted octanol–water partition coefficient (Wildman–Crippen LogP) is 4.06. The number of benzene rings is 1. The van der Waals surface area contributed by atoms with Crippen molar-refractivity contribution in [1.82, 2.24) is 4.98 Å². The Morgan fingerprint density at radius 2 is 2.00 bits per heavy atom. The molecule has 0 spiro atoms. The Morgan fingerprint density at radius 1 is 1.36 bits per heavy atom. The molecule has 0 saturated heterocycles. The van der Waals surface area contributed by atoms with Gasteiger partial charge in [-0.3, -0.25) is 5.14 Å². The molecule has 0 unspecified atom stereocenters. The highest BCUT2D eigenvalue weighted by Crippen LogP contribution is 2.34. The summed E-state index contributed by atoms with van der Waals surface area (Å²) in [5.74, 6) is -1.51. The smallest absolute Gasteiger partial charge is 0.135 e. The molecule has 7 heteroatoms. The minimum atomic E-state index is -1.50. The molecule has 1 aromatic heterocycles. The third-order valence-corrected chi connectivity index (χ3v) is 5.26. The molecule has 0 amide bonds. The zero-order valence-electron chi connectivity index (χ0n) is 12.5. The van der Waals surface area contributed by atoms with E-state index < -0.39 is 27.4 Å². The van der Waals surface area contributed by atoms with Crippen molar-refractivity contribution in [3.05, 3.63) is 40.6 Å². The normalized spacial score (nSPS) is 15.0. The number of hydrogen-bond acceptors (Lipinski definition) is 2. The Labute approximate surface area is 135 Å². The van der Waals surface area contributed by atoms with E-state index >= 15 is 0 Å². The molecule has 0 aliphatic carbocycles. The maximum absolute atomic E-state index is 13.9. The largest absolute Gasteiger partial charge is 0.251 e. The maximum atomic E-state index is 13.9. The first-order chi connectivity index (χ1) is 10.1. The molecule has 2 rings (SSSR count). The van der Waals surface area contributed by atoms with E-state index in [1.54, 1.807) is 19.9 Å². The number of halogens is 3. The summed E-state index contributed by atoms with van der Waals surface area (Å²) in [6, 6.07) is 3.52. The lowest BCUT2D eigenvalue weighted by Gasteiger charge is -2.25. The third-order valence-electron chi connectivity index (χ3n) is 3.70. The van der Waals surface area contributed by atoms with Gasteiger partial charge in [0.15, 0.2) is 0 Å². The molecule has 2 N–H and O–H groups in total. The molecular weight excluding hydrogens is 330 g/mol. The minimum Gasteiger partial charge on any atom is -0.251 e. The fourth-order valence-electron chi connectivity index (χ4n) is 2.47. The van der Waals surface area contributed by atoms with Crippen molar-refractivity contribution in [2.24, 2.45) is 5.14 Å². The molecule has 0 bridgehead atoms. The van der Waals surface area contributed by atoms with Gasteiger partial charge in [0.25, 0.3) is 0 Å². The summed E-state index contributed by atoms with van der Waals surface area (Å²) < 4.78 is 38.1. The highest BCUT2D eigenvalue weighted by molar-refractivity contribution is 7.84. The quantitative estimate of drug-likeness (QED) is 0.849. The number of rotatable bonds is 4. The van der Waals surface area contributed by atoms with Crippen LogP contribution in [0.1, 0.15) is 38.7 Å². The highest BCUT2D eigenvalue weighted by Gasteiger charge is 2.28. The van der Waals surface area contributed by atoms with Gasteiger partial charge in [0, 0.05) is 17.5 Å². The van der Waals surface area contributed by atoms with E-state index in [2.05, 4.69) is 4.98 Å². The summed E-state index contributed by atoms with van der Waals surface area (Å²) in [5.41, 5.74) is 0.790. The zero-order valence-corrected chi connectivity index (χ0v) is 14.1. The molecular formula is C15H17ClF2N2OS. The lowest BCUT2D eigenvalue weighted by molar-refractivity contribution is 0.540. The maximum Gasteiger partial charge on any atom is 0.135 e. The van der Waals surface area contributed by atoms with E-state index in [9.17, 15) is 13.0 Å². The highest BCUT2D eigenvalue weighted by atomic mass is 35.5. The van der Waals surface area contributed by atoms with Gasteiger partial charge in [0.1, 0.15) is 16.8 Å². The van der Waals surface area contributed by atoms with Crippen molar-refractivity contribution in [3.63, 3.8) is 0 Å². The fourth-order valence-corrected chi connectivity index (χ4v) is 3.21. The lowest BCUT2D eigenvalue weighted by atomic mass is 9.91. The molecule has 3 nitrogen and oxygen atoms in total. The van der Waals surface area contributed by atoms with Crippen LogP contribution in [0.3, 0.4) is 0 Å². The third kappa shape index (κ3) is 3.45.